The zero-order valence-corrected chi connectivity index (χ0v) is 9.91. The van der Waals surface area contributed by atoms with Gasteiger partial charge in [0.15, 0.2) is 17.5 Å². The van der Waals surface area contributed by atoms with Crippen molar-refractivity contribution in [1.29, 1.82) is 0 Å². The van der Waals surface area contributed by atoms with Gasteiger partial charge in [0.05, 0.1) is 11.5 Å². The number of nitrogens with zero attached hydrogens (tertiary/aromatic N) is 1. The van der Waals surface area contributed by atoms with Crippen LogP contribution in [0.5, 0.6) is 0 Å². The number of nitro groups is 1. The summed E-state index contributed by atoms with van der Waals surface area (Å²) in [5.41, 5.74) is -0.379. The number of carbonyl (C=O) groups is 3. The molecule has 0 heterocycles. The van der Waals surface area contributed by atoms with E-state index in [0.717, 1.165) is 12.1 Å². The van der Waals surface area contributed by atoms with Crippen LogP contribution in [-0.2, 0) is 9.53 Å². The molecule has 0 N–H and O–H groups in total. The van der Waals surface area contributed by atoms with E-state index in [9.17, 15) is 24.5 Å². The molecule has 0 saturated carbocycles. The van der Waals surface area contributed by atoms with E-state index in [1.54, 1.807) is 6.92 Å². The van der Waals surface area contributed by atoms with E-state index in [0.29, 0.717) is 0 Å². The van der Waals surface area contributed by atoms with Gasteiger partial charge in [0, 0.05) is 23.3 Å². The van der Waals surface area contributed by atoms with E-state index in [4.69, 9.17) is 0 Å². The number of carbonyl (C=O) groups excluding carboxylic acids is 3. The third-order valence-electron chi connectivity index (χ3n) is 2.79. The fourth-order valence-corrected chi connectivity index (χ4v) is 1.93. The topological polar surface area (TPSA) is 104 Å². The van der Waals surface area contributed by atoms with Gasteiger partial charge in [-0.25, -0.2) is 0 Å². The highest BCUT2D eigenvalue weighted by Crippen LogP contribution is 2.30. The van der Waals surface area contributed by atoms with Crippen LogP contribution in [0.1, 0.15) is 27.6 Å². The number of Topliss-reactive ketones (excluding diaryl/α,β-unsaturated/α-hetero) is 2. The van der Waals surface area contributed by atoms with Gasteiger partial charge in [-0.1, -0.05) is 0 Å². The Morgan fingerprint density at radius 1 is 1.32 bits per heavy atom. The highest BCUT2D eigenvalue weighted by Gasteiger charge is 2.45. The normalized spacial score (nSPS) is 17.2. The summed E-state index contributed by atoms with van der Waals surface area (Å²) in [4.78, 5) is 45.4. The third kappa shape index (κ3) is 1.99. The molecule has 1 atom stereocenters. The number of hydrogen-bond donors (Lipinski definition) is 0. The van der Waals surface area contributed by atoms with Crippen LogP contribution in [0.25, 0.3) is 0 Å². The minimum absolute atomic E-state index is 0.0219. The molecule has 0 amide bonds. The van der Waals surface area contributed by atoms with E-state index in [1.807, 2.05) is 0 Å². The van der Waals surface area contributed by atoms with Gasteiger partial charge in [0.1, 0.15) is 0 Å². The molecule has 0 aliphatic heterocycles. The molecule has 0 unspecified atom stereocenters. The van der Waals surface area contributed by atoms with Crippen molar-refractivity contribution in [2.45, 2.75) is 6.92 Å². The third-order valence-corrected chi connectivity index (χ3v) is 2.79. The van der Waals surface area contributed by atoms with Crippen molar-refractivity contribution in [3.8, 4) is 0 Å². The molecule has 19 heavy (non-hydrogen) atoms. The average molecular weight is 263 g/mol. The van der Waals surface area contributed by atoms with Gasteiger partial charge in [-0.05, 0) is 13.0 Å². The van der Waals surface area contributed by atoms with Crippen LogP contribution in [0.3, 0.4) is 0 Å². The number of esters is 1. The molecule has 7 nitrogen and oxygen atoms in total. The molecule has 0 saturated heterocycles. The minimum Gasteiger partial charge on any atom is -0.465 e. The van der Waals surface area contributed by atoms with Crippen LogP contribution in [0, 0.1) is 16.0 Å². The number of nitro benzene ring substituents is 1. The van der Waals surface area contributed by atoms with Crippen molar-refractivity contribution < 1.29 is 24.0 Å². The fourth-order valence-electron chi connectivity index (χ4n) is 1.93. The first-order chi connectivity index (χ1) is 8.97. The standard InChI is InChI=1S/C12H9NO6/c1-2-19-12(16)9-10(14)7-4-3-6(13(17)18)5-8(7)11(9)15/h3-5,9H,2H2,1H3/t9-/m0/s1. The van der Waals surface area contributed by atoms with E-state index in [2.05, 4.69) is 4.74 Å². The molecule has 0 fully saturated rings. The Bertz CT molecular complexity index is 606. The Hall–Kier alpha value is -2.57. The van der Waals surface area contributed by atoms with Crippen molar-refractivity contribution in [2.75, 3.05) is 6.61 Å². The zero-order valence-electron chi connectivity index (χ0n) is 9.91. The largest absolute Gasteiger partial charge is 0.465 e. The van der Waals surface area contributed by atoms with Crippen LogP contribution in [0.2, 0.25) is 0 Å². The average Bonchev–Trinajstić information content (AvgIpc) is 2.62. The Labute approximate surface area is 107 Å². The van der Waals surface area contributed by atoms with Gasteiger partial charge in [-0.2, -0.15) is 0 Å². The zero-order chi connectivity index (χ0) is 14.2. The second kappa shape index (κ2) is 4.60. The van der Waals surface area contributed by atoms with Crippen LogP contribution >= 0.6 is 0 Å². The maximum Gasteiger partial charge on any atom is 0.324 e. The molecule has 7 heteroatoms. The first kappa shape index (κ1) is 12.9. The second-order valence-corrected chi connectivity index (χ2v) is 3.90. The lowest BCUT2D eigenvalue weighted by molar-refractivity contribution is -0.384. The molecular weight excluding hydrogens is 254 g/mol. The van der Waals surface area contributed by atoms with Gasteiger partial charge in [-0.15, -0.1) is 0 Å². The summed E-state index contributed by atoms with van der Waals surface area (Å²) < 4.78 is 4.66. The van der Waals surface area contributed by atoms with Crippen molar-refractivity contribution >= 4 is 23.2 Å². The van der Waals surface area contributed by atoms with E-state index >= 15 is 0 Å². The molecule has 1 aliphatic carbocycles. The summed E-state index contributed by atoms with van der Waals surface area (Å²) in [5, 5.41) is 10.6. The van der Waals surface area contributed by atoms with Crippen molar-refractivity contribution in [1.82, 2.24) is 0 Å². The molecule has 0 spiro atoms. The van der Waals surface area contributed by atoms with Crippen LogP contribution in [-0.4, -0.2) is 29.1 Å². The summed E-state index contributed by atoms with van der Waals surface area (Å²) in [5.74, 6) is -3.87. The predicted octanol–water partition coefficient (Wildman–Crippen LogP) is 1.15. The summed E-state index contributed by atoms with van der Waals surface area (Å²) in [6.45, 7) is 1.60. The highest BCUT2D eigenvalue weighted by atomic mass is 16.6. The van der Waals surface area contributed by atoms with Crippen molar-refractivity contribution in [2.24, 2.45) is 5.92 Å². The Kier molecular flexibility index (Phi) is 3.12. The van der Waals surface area contributed by atoms with Gasteiger partial charge >= 0.3 is 5.97 Å². The summed E-state index contributed by atoms with van der Waals surface area (Å²) in [7, 11) is 0. The molecule has 1 aliphatic rings. The summed E-state index contributed by atoms with van der Waals surface area (Å²) in [6, 6.07) is 3.32. The lowest BCUT2D eigenvalue weighted by Crippen LogP contribution is -2.27. The lowest BCUT2D eigenvalue weighted by atomic mass is 10.0. The first-order valence-electron chi connectivity index (χ1n) is 5.51. The van der Waals surface area contributed by atoms with Crippen molar-refractivity contribution in [3.05, 3.63) is 39.4 Å². The molecule has 0 bridgehead atoms. The van der Waals surface area contributed by atoms with Crippen LogP contribution in [0.4, 0.5) is 5.69 Å². The summed E-state index contributed by atoms with van der Waals surface area (Å²) in [6.07, 6.45) is 0. The quantitative estimate of drug-likeness (QED) is 0.350. The number of hydrogen-bond acceptors (Lipinski definition) is 6. The van der Waals surface area contributed by atoms with Crippen molar-refractivity contribution in [3.63, 3.8) is 0 Å². The number of non-ortho nitro benzene ring substituents is 1. The lowest BCUT2D eigenvalue weighted by Gasteiger charge is -2.05. The number of fused-ring (bicyclic) bond motifs is 1. The van der Waals surface area contributed by atoms with Crippen LogP contribution < -0.4 is 0 Å². The highest BCUT2D eigenvalue weighted by molar-refractivity contribution is 6.34. The van der Waals surface area contributed by atoms with E-state index in [1.165, 1.54) is 6.07 Å². The number of ether oxygens (including phenoxy) is 1. The minimum atomic E-state index is -1.53. The SMILES string of the molecule is CCOC(=O)[C@H]1C(=O)c2ccc([N+](=O)[O-])cc2C1=O. The van der Waals surface area contributed by atoms with E-state index in [-0.39, 0.29) is 23.4 Å². The molecule has 1 aromatic carbocycles. The first-order valence-corrected chi connectivity index (χ1v) is 5.51. The molecule has 0 radical (unpaired) electrons. The smallest absolute Gasteiger partial charge is 0.324 e. The maximum atomic E-state index is 12.0. The van der Waals surface area contributed by atoms with Crippen LogP contribution in [0.15, 0.2) is 18.2 Å². The van der Waals surface area contributed by atoms with Gasteiger partial charge in [0.2, 0.25) is 0 Å². The Balaban J connectivity index is 2.44. The molecular formula is C12H9NO6. The fraction of sp³-hybridized carbons (Fsp3) is 0.250. The molecule has 0 aromatic heterocycles. The van der Waals surface area contributed by atoms with Gasteiger partial charge in [-0.3, -0.25) is 24.5 Å². The van der Waals surface area contributed by atoms with Gasteiger partial charge < -0.3 is 4.74 Å². The number of benzene rings is 1. The van der Waals surface area contributed by atoms with E-state index < -0.39 is 28.4 Å². The maximum absolute atomic E-state index is 12.0. The summed E-state index contributed by atoms with van der Waals surface area (Å²) >= 11 is 0. The predicted molar refractivity (Wildman–Crippen MR) is 61.9 cm³/mol. The Morgan fingerprint density at radius 2 is 1.95 bits per heavy atom. The number of rotatable bonds is 3. The Morgan fingerprint density at radius 3 is 2.53 bits per heavy atom. The number of ketones is 2. The molecule has 98 valence electrons. The van der Waals surface area contributed by atoms with Gasteiger partial charge in [0.25, 0.3) is 5.69 Å². The molecule has 2 rings (SSSR count). The second-order valence-electron chi connectivity index (χ2n) is 3.90. The molecule has 1 aromatic rings. The monoisotopic (exact) mass is 263 g/mol.